The maximum atomic E-state index is 9.27. The molecule has 2 aromatic heterocycles. The molecule has 4 rings (SSSR count). The van der Waals surface area contributed by atoms with Gasteiger partial charge in [0.25, 0.3) is 0 Å². The molecule has 5 heteroatoms. The number of anilines is 1. The fraction of sp³-hybridized carbons (Fsp3) is 0.0476. The Labute approximate surface area is 156 Å². The van der Waals surface area contributed by atoms with Gasteiger partial charge in [0.15, 0.2) is 0 Å². The van der Waals surface area contributed by atoms with Crippen molar-refractivity contribution in [2.24, 2.45) is 0 Å². The van der Waals surface area contributed by atoms with Crippen LogP contribution in [0.3, 0.4) is 0 Å². The van der Waals surface area contributed by atoms with Crippen LogP contribution < -0.4 is 4.72 Å². The highest BCUT2D eigenvalue weighted by Crippen LogP contribution is 2.32. The first-order valence-electron chi connectivity index (χ1n) is 8.20. The van der Waals surface area contributed by atoms with Crippen LogP contribution in [-0.2, 0) is 0 Å². The Balaban J connectivity index is 1.55. The normalized spacial score (nSPS) is 10.6. The van der Waals surface area contributed by atoms with Crippen LogP contribution in [0.15, 0.2) is 72.0 Å². The Morgan fingerprint density at radius 3 is 2.65 bits per heavy atom. The molecule has 0 fully saturated rings. The van der Waals surface area contributed by atoms with Gasteiger partial charge in [0.05, 0.1) is 16.8 Å². The summed E-state index contributed by atoms with van der Waals surface area (Å²) in [5, 5.41) is 10.2. The molecule has 0 unspecified atom stereocenters. The van der Waals surface area contributed by atoms with Crippen molar-refractivity contribution in [2.75, 3.05) is 4.72 Å². The van der Waals surface area contributed by atoms with Crippen molar-refractivity contribution in [1.82, 2.24) is 9.97 Å². The number of nitrogens with zero attached hydrogens (tertiary/aromatic N) is 2. The molecule has 0 atom stereocenters. The molecule has 0 radical (unpaired) electrons. The highest BCUT2D eigenvalue weighted by Gasteiger charge is 2.10. The van der Waals surface area contributed by atoms with Crippen LogP contribution in [0, 0.1) is 18.3 Å². The molecular weight excluding hydrogens is 340 g/mol. The number of nitrogens with one attached hydrogen (secondary N) is 2. The van der Waals surface area contributed by atoms with E-state index in [-0.39, 0.29) is 0 Å². The number of fused-ring (bicyclic) bond motifs is 1. The van der Waals surface area contributed by atoms with Crippen molar-refractivity contribution < 1.29 is 0 Å². The number of pyridine rings is 1. The molecule has 0 aliphatic rings. The standard InChI is InChI=1S/C21H16N4S/c1-14-4-9-19(21-20(14)17(11-22)13-24-21)25-26-18-7-5-15(6-8-18)16-3-2-10-23-12-16/h2-10,12-13,24-25H,1H3. The lowest BCUT2D eigenvalue weighted by molar-refractivity contribution is 1.33. The molecule has 2 N–H and O–H groups in total. The summed E-state index contributed by atoms with van der Waals surface area (Å²) in [5.41, 5.74) is 5.94. The van der Waals surface area contributed by atoms with E-state index in [4.69, 9.17) is 0 Å². The molecule has 0 spiro atoms. The van der Waals surface area contributed by atoms with E-state index >= 15 is 0 Å². The number of benzene rings is 2. The largest absolute Gasteiger partial charge is 0.358 e. The first-order chi connectivity index (χ1) is 12.8. The van der Waals surface area contributed by atoms with Gasteiger partial charge in [-0.05, 0) is 59.8 Å². The summed E-state index contributed by atoms with van der Waals surface area (Å²) in [5.74, 6) is 0. The van der Waals surface area contributed by atoms with Crippen molar-refractivity contribution >= 4 is 28.5 Å². The van der Waals surface area contributed by atoms with Crippen molar-refractivity contribution in [1.29, 1.82) is 5.26 Å². The summed E-state index contributed by atoms with van der Waals surface area (Å²) >= 11 is 1.55. The summed E-state index contributed by atoms with van der Waals surface area (Å²) in [6.07, 6.45) is 5.40. The Hall–Kier alpha value is -3.23. The van der Waals surface area contributed by atoms with Gasteiger partial charge >= 0.3 is 0 Å². The lowest BCUT2D eigenvalue weighted by Crippen LogP contribution is -1.90. The molecule has 0 aliphatic carbocycles. The molecule has 2 heterocycles. The van der Waals surface area contributed by atoms with Gasteiger partial charge in [-0.3, -0.25) is 4.98 Å². The smallest absolute Gasteiger partial charge is 0.101 e. The maximum absolute atomic E-state index is 9.27. The third kappa shape index (κ3) is 3.03. The Morgan fingerprint density at radius 2 is 1.92 bits per heavy atom. The number of aromatic amines is 1. The number of rotatable bonds is 4. The predicted molar refractivity (Wildman–Crippen MR) is 107 cm³/mol. The van der Waals surface area contributed by atoms with Gasteiger partial charge in [-0.1, -0.05) is 24.3 Å². The second kappa shape index (κ2) is 6.95. The van der Waals surface area contributed by atoms with E-state index in [1.807, 2.05) is 31.3 Å². The van der Waals surface area contributed by atoms with E-state index in [0.29, 0.717) is 5.56 Å². The fourth-order valence-corrected chi connectivity index (χ4v) is 3.63. The van der Waals surface area contributed by atoms with Gasteiger partial charge in [0.1, 0.15) is 6.07 Å². The summed E-state index contributed by atoms with van der Waals surface area (Å²) in [6.45, 7) is 2.02. The average Bonchev–Trinajstić information content (AvgIpc) is 3.14. The predicted octanol–water partition coefficient (Wildman–Crippen LogP) is 5.53. The first-order valence-corrected chi connectivity index (χ1v) is 9.02. The van der Waals surface area contributed by atoms with Gasteiger partial charge in [0.2, 0.25) is 0 Å². The highest BCUT2D eigenvalue weighted by molar-refractivity contribution is 8.00. The van der Waals surface area contributed by atoms with Crippen LogP contribution in [0.25, 0.3) is 22.0 Å². The minimum Gasteiger partial charge on any atom is -0.358 e. The van der Waals surface area contributed by atoms with E-state index in [9.17, 15) is 5.26 Å². The molecule has 26 heavy (non-hydrogen) atoms. The molecule has 2 aromatic carbocycles. The third-order valence-electron chi connectivity index (χ3n) is 4.29. The van der Waals surface area contributed by atoms with Crippen LogP contribution in [-0.4, -0.2) is 9.97 Å². The number of hydrogen-bond donors (Lipinski definition) is 2. The zero-order valence-electron chi connectivity index (χ0n) is 14.2. The fourth-order valence-electron chi connectivity index (χ4n) is 2.96. The summed E-state index contributed by atoms with van der Waals surface area (Å²) in [7, 11) is 0. The third-order valence-corrected chi connectivity index (χ3v) is 5.12. The highest BCUT2D eigenvalue weighted by atomic mass is 32.2. The monoisotopic (exact) mass is 356 g/mol. The van der Waals surface area contributed by atoms with E-state index in [0.717, 1.165) is 38.2 Å². The van der Waals surface area contributed by atoms with Gasteiger partial charge < -0.3 is 9.71 Å². The number of H-pyrrole nitrogens is 1. The first kappa shape index (κ1) is 16.2. The number of aromatic nitrogens is 2. The molecule has 126 valence electrons. The van der Waals surface area contributed by atoms with Gasteiger partial charge in [0, 0.05) is 28.9 Å². The van der Waals surface area contributed by atoms with Gasteiger partial charge in [-0.25, -0.2) is 0 Å². The second-order valence-corrected chi connectivity index (χ2v) is 6.84. The quantitative estimate of drug-likeness (QED) is 0.472. The van der Waals surface area contributed by atoms with Crippen LogP contribution in [0.1, 0.15) is 11.1 Å². The van der Waals surface area contributed by atoms with Crippen molar-refractivity contribution in [2.45, 2.75) is 11.8 Å². The summed E-state index contributed by atoms with van der Waals surface area (Å²) in [4.78, 5) is 8.48. The van der Waals surface area contributed by atoms with E-state index in [2.05, 4.69) is 51.1 Å². The Bertz CT molecular complexity index is 1090. The van der Waals surface area contributed by atoms with Crippen molar-refractivity contribution in [3.05, 3.63) is 78.2 Å². The minimum atomic E-state index is 0.673. The Morgan fingerprint density at radius 1 is 1.08 bits per heavy atom. The molecule has 4 nitrogen and oxygen atoms in total. The van der Waals surface area contributed by atoms with Crippen molar-refractivity contribution in [3.63, 3.8) is 0 Å². The zero-order valence-corrected chi connectivity index (χ0v) is 15.0. The van der Waals surface area contributed by atoms with Crippen molar-refractivity contribution in [3.8, 4) is 17.2 Å². The van der Waals surface area contributed by atoms with E-state index in [1.165, 1.54) is 0 Å². The number of aryl methyl sites for hydroxylation is 1. The second-order valence-electron chi connectivity index (χ2n) is 5.96. The lowest BCUT2D eigenvalue weighted by atomic mass is 10.1. The molecule has 0 bridgehead atoms. The summed E-state index contributed by atoms with van der Waals surface area (Å²) < 4.78 is 3.39. The average molecular weight is 356 g/mol. The SMILES string of the molecule is Cc1ccc(NSc2ccc(-c3cccnc3)cc2)c2[nH]cc(C#N)c12. The van der Waals surface area contributed by atoms with Crippen LogP contribution >= 0.6 is 11.9 Å². The minimum absolute atomic E-state index is 0.673. The molecule has 0 saturated carbocycles. The molecular formula is C21H16N4S. The number of nitriles is 1. The van der Waals surface area contributed by atoms with Gasteiger partial charge in [-0.15, -0.1) is 0 Å². The van der Waals surface area contributed by atoms with Crippen LogP contribution in [0.5, 0.6) is 0 Å². The van der Waals surface area contributed by atoms with Crippen LogP contribution in [0.4, 0.5) is 5.69 Å². The van der Waals surface area contributed by atoms with Crippen LogP contribution in [0.2, 0.25) is 0 Å². The molecule has 0 saturated heterocycles. The zero-order chi connectivity index (χ0) is 17.9. The number of hydrogen-bond acceptors (Lipinski definition) is 4. The van der Waals surface area contributed by atoms with E-state index < -0.39 is 0 Å². The molecule has 4 aromatic rings. The van der Waals surface area contributed by atoms with E-state index in [1.54, 1.807) is 24.3 Å². The summed E-state index contributed by atoms with van der Waals surface area (Å²) in [6, 6.07) is 18.6. The Kier molecular flexibility index (Phi) is 4.34. The maximum Gasteiger partial charge on any atom is 0.101 e. The topological polar surface area (TPSA) is 64.5 Å². The molecule has 0 aliphatic heterocycles. The lowest BCUT2D eigenvalue weighted by Gasteiger charge is -2.09. The van der Waals surface area contributed by atoms with Gasteiger partial charge in [-0.2, -0.15) is 5.26 Å². The molecule has 0 amide bonds.